The zero-order chi connectivity index (χ0) is 53.6. The summed E-state index contributed by atoms with van der Waals surface area (Å²) in [6.45, 7) is 7.00. The van der Waals surface area contributed by atoms with Crippen molar-refractivity contribution < 1.29 is 37.3 Å². The van der Waals surface area contributed by atoms with Crippen molar-refractivity contribution in [2.24, 2.45) is 0 Å². The molecule has 0 aliphatic heterocycles. The topological polar surface area (TPSA) is 111 Å². The molecule has 9 nitrogen and oxygen atoms in total. The van der Waals surface area contributed by atoms with Gasteiger partial charge < -0.3 is 19.4 Å². The second kappa shape index (κ2) is 53.4. The molecule has 0 aliphatic carbocycles. The zero-order valence-electron chi connectivity index (χ0n) is 48.9. The molecule has 0 radical (unpaired) electrons. The van der Waals surface area contributed by atoms with Crippen LogP contribution in [-0.2, 0) is 27.9 Å². The van der Waals surface area contributed by atoms with Gasteiger partial charge in [-0.05, 0) is 70.3 Å². The Hall–Kier alpha value is -2.03. The Morgan fingerprint density at radius 1 is 0.479 bits per heavy atom. The lowest BCUT2D eigenvalue weighted by atomic mass is 10.0. The maximum Gasteiger partial charge on any atom is 0.472 e. The number of allylic oxidation sites excluding steroid dienone is 7. The first-order chi connectivity index (χ1) is 35.4. The van der Waals surface area contributed by atoms with E-state index in [0.717, 1.165) is 83.5 Å². The maximum absolute atomic E-state index is 13.5. The Morgan fingerprint density at radius 2 is 0.836 bits per heavy atom. The van der Waals surface area contributed by atoms with Crippen molar-refractivity contribution in [3.63, 3.8) is 0 Å². The van der Waals surface area contributed by atoms with Gasteiger partial charge in [0.15, 0.2) is 0 Å². The average Bonchev–Trinajstić information content (AvgIpc) is 3.35. The van der Waals surface area contributed by atoms with Crippen LogP contribution >= 0.6 is 7.82 Å². The van der Waals surface area contributed by atoms with E-state index in [1.54, 1.807) is 0 Å². The number of phosphoric ester groups is 1. The molecule has 0 spiro atoms. The summed E-state index contributed by atoms with van der Waals surface area (Å²) in [5.74, 6) is -0.509. The molecule has 0 aromatic carbocycles. The molecule has 3 unspecified atom stereocenters. The lowest BCUT2D eigenvalue weighted by Crippen LogP contribution is -2.47. The molecular weight excluding hydrogens is 928 g/mol. The highest BCUT2D eigenvalue weighted by molar-refractivity contribution is 7.47. The SMILES string of the molecule is CCCCC/C=C\C/C=C\C/C=C\CCCCCCCCC(=O)OC(/C=C/CCCCCCCCCCCCC)C(COP(=O)(O)OCC[N+](C)(C)C)NC(=O)CCCCCCCCCCCCCCCCC. The molecule has 10 heteroatoms. The van der Waals surface area contributed by atoms with Crippen LogP contribution in [0.3, 0.4) is 0 Å². The monoisotopic (exact) mass is 1050 g/mol. The van der Waals surface area contributed by atoms with E-state index >= 15 is 0 Å². The number of amides is 1. The van der Waals surface area contributed by atoms with Gasteiger partial charge in [0.05, 0.1) is 33.8 Å². The fourth-order valence-corrected chi connectivity index (χ4v) is 9.68. The number of esters is 1. The molecule has 1 amide bonds. The second-order valence-corrected chi connectivity index (χ2v) is 23.7. The Bertz CT molecular complexity index is 1390. The summed E-state index contributed by atoms with van der Waals surface area (Å²) in [7, 11) is 1.50. The quantitative estimate of drug-likeness (QED) is 0.0205. The normalized spacial score (nSPS) is 14.0. The van der Waals surface area contributed by atoms with Gasteiger partial charge in [-0.3, -0.25) is 18.6 Å². The van der Waals surface area contributed by atoms with Crippen molar-refractivity contribution in [1.29, 1.82) is 0 Å². The summed E-state index contributed by atoms with van der Waals surface area (Å²) in [5.41, 5.74) is 0. The van der Waals surface area contributed by atoms with Gasteiger partial charge >= 0.3 is 13.8 Å². The van der Waals surface area contributed by atoms with Crippen molar-refractivity contribution in [3.05, 3.63) is 48.6 Å². The van der Waals surface area contributed by atoms with Crippen molar-refractivity contribution in [2.45, 2.75) is 303 Å². The van der Waals surface area contributed by atoms with Crippen LogP contribution in [0.2, 0.25) is 0 Å². The molecule has 0 saturated heterocycles. The third-order valence-corrected chi connectivity index (χ3v) is 14.8. The van der Waals surface area contributed by atoms with Gasteiger partial charge in [-0.2, -0.15) is 0 Å². The van der Waals surface area contributed by atoms with E-state index in [9.17, 15) is 19.0 Å². The number of hydrogen-bond acceptors (Lipinski definition) is 6. The number of ether oxygens (including phenoxy) is 1. The first-order valence-corrected chi connectivity index (χ1v) is 32.5. The Morgan fingerprint density at radius 3 is 1.27 bits per heavy atom. The molecule has 0 saturated carbocycles. The summed E-state index contributed by atoms with van der Waals surface area (Å²) in [4.78, 5) is 37.7. The minimum Gasteiger partial charge on any atom is -0.456 e. The van der Waals surface area contributed by atoms with Gasteiger partial charge in [-0.15, -0.1) is 0 Å². The first kappa shape index (κ1) is 71.0. The van der Waals surface area contributed by atoms with Crippen LogP contribution in [0.25, 0.3) is 0 Å². The molecule has 0 bridgehead atoms. The van der Waals surface area contributed by atoms with Gasteiger partial charge in [0, 0.05) is 12.8 Å². The van der Waals surface area contributed by atoms with Crippen LogP contribution in [0.15, 0.2) is 48.6 Å². The molecule has 0 aromatic heterocycles. The number of carbonyl (C=O) groups excluding carboxylic acids is 2. The number of nitrogens with zero attached hydrogens (tertiary/aromatic N) is 1. The molecule has 3 atom stereocenters. The smallest absolute Gasteiger partial charge is 0.456 e. The number of carbonyl (C=O) groups is 2. The fraction of sp³-hybridized carbons (Fsp3) is 0.841. The number of likely N-dealkylation sites (N-methyl/N-ethyl adjacent to an activating group) is 1. The fourth-order valence-electron chi connectivity index (χ4n) is 8.95. The van der Waals surface area contributed by atoms with Crippen LogP contribution in [0, 0.1) is 0 Å². The summed E-state index contributed by atoms with van der Waals surface area (Å²) < 4.78 is 30.7. The average molecular weight is 1050 g/mol. The van der Waals surface area contributed by atoms with Crippen LogP contribution in [0.4, 0.5) is 0 Å². The maximum atomic E-state index is 13.5. The zero-order valence-corrected chi connectivity index (χ0v) is 49.8. The van der Waals surface area contributed by atoms with Gasteiger partial charge in [0.1, 0.15) is 19.3 Å². The van der Waals surface area contributed by atoms with Crippen molar-refractivity contribution in [1.82, 2.24) is 5.32 Å². The van der Waals surface area contributed by atoms with E-state index in [1.165, 1.54) is 173 Å². The van der Waals surface area contributed by atoms with E-state index in [4.69, 9.17) is 13.8 Å². The van der Waals surface area contributed by atoms with Crippen molar-refractivity contribution in [3.8, 4) is 0 Å². The summed E-state index contributed by atoms with van der Waals surface area (Å²) in [6.07, 6.45) is 65.2. The van der Waals surface area contributed by atoms with Crippen molar-refractivity contribution >= 4 is 19.7 Å². The standard InChI is InChI=1S/C63H119N2O7P/c1-7-10-13-16-19-22-25-28-30-31-32-33-35-38-41-44-47-50-53-56-63(67)72-61(54-51-48-45-42-39-36-27-24-21-18-15-12-9-3)60(59-71-73(68,69)70-58-57-65(4,5)6)64-62(66)55-52-49-46-43-40-37-34-29-26-23-20-17-14-11-8-2/h19,22,28,30,32-33,51,54,60-61H,7-18,20-21,23-27,29,31,34-50,52-53,55-59H2,1-6H3,(H-,64,66,68,69)/p+1/b22-19-,30-28-,33-32-,54-51+. The summed E-state index contributed by atoms with van der Waals surface area (Å²) in [5, 5.41) is 3.06. The highest BCUT2D eigenvalue weighted by Gasteiger charge is 2.30. The van der Waals surface area contributed by atoms with Gasteiger partial charge in [-0.1, -0.05) is 256 Å². The lowest BCUT2D eigenvalue weighted by molar-refractivity contribution is -0.870. The third-order valence-electron chi connectivity index (χ3n) is 13.8. The molecule has 2 N–H and O–H groups in total. The van der Waals surface area contributed by atoms with E-state index in [-0.39, 0.29) is 31.5 Å². The molecule has 73 heavy (non-hydrogen) atoms. The highest BCUT2D eigenvalue weighted by Crippen LogP contribution is 2.43. The van der Waals surface area contributed by atoms with Crippen LogP contribution in [-0.4, -0.2) is 74.3 Å². The summed E-state index contributed by atoms with van der Waals surface area (Å²) >= 11 is 0. The van der Waals surface area contributed by atoms with E-state index < -0.39 is 20.0 Å². The second-order valence-electron chi connectivity index (χ2n) is 22.2. The van der Waals surface area contributed by atoms with Gasteiger partial charge in [0.25, 0.3) is 0 Å². The number of phosphoric acid groups is 1. The van der Waals surface area contributed by atoms with Crippen LogP contribution in [0.1, 0.15) is 290 Å². The Balaban J connectivity index is 5.31. The largest absolute Gasteiger partial charge is 0.472 e. The highest BCUT2D eigenvalue weighted by atomic mass is 31.2. The third kappa shape index (κ3) is 54.6. The van der Waals surface area contributed by atoms with E-state index in [1.807, 2.05) is 33.3 Å². The lowest BCUT2D eigenvalue weighted by Gasteiger charge is -2.27. The van der Waals surface area contributed by atoms with Crippen molar-refractivity contribution in [2.75, 3.05) is 40.9 Å². The molecular formula is C63H120N2O7P+. The van der Waals surface area contributed by atoms with Gasteiger partial charge in [-0.25, -0.2) is 4.57 Å². The molecule has 0 fully saturated rings. The predicted molar refractivity (Wildman–Crippen MR) is 314 cm³/mol. The molecule has 0 aliphatic rings. The Labute approximate surface area is 452 Å². The Kier molecular flexibility index (Phi) is 51.9. The number of nitrogens with one attached hydrogen (secondary N) is 1. The van der Waals surface area contributed by atoms with Gasteiger partial charge in [0.2, 0.25) is 5.91 Å². The number of unbranched alkanes of at least 4 members (excludes halogenated alkanes) is 34. The molecule has 0 rings (SSSR count). The molecule has 0 aromatic rings. The van der Waals surface area contributed by atoms with Crippen LogP contribution < -0.4 is 5.32 Å². The number of rotatable bonds is 56. The minimum atomic E-state index is -4.45. The number of quaternary nitrogens is 1. The molecule has 0 heterocycles. The minimum absolute atomic E-state index is 0.0391. The van der Waals surface area contributed by atoms with Crippen LogP contribution in [0.5, 0.6) is 0 Å². The van der Waals surface area contributed by atoms with E-state index in [0.29, 0.717) is 17.4 Å². The predicted octanol–water partition coefficient (Wildman–Crippen LogP) is 18.9. The first-order valence-electron chi connectivity index (χ1n) is 31.0. The van der Waals surface area contributed by atoms with E-state index in [2.05, 4.69) is 62.5 Å². The summed E-state index contributed by atoms with van der Waals surface area (Å²) in [6, 6.07) is -0.851. The number of hydrogen-bond donors (Lipinski definition) is 2. The molecule has 428 valence electrons.